The number of aromatic nitrogens is 3. The highest BCUT2D eigenvalue weighted by molar-refractivity contribution is 5.67. The molecule has 144 valence electrons. The van der Waals surface area contributed by atoms with Gasteiger partial charge in [0.15, 0.2) is 17.5 Å². The number of likely N-dealkylation sites (tertiary alicyclic amines) is 1. The van der Waals surface area contributed by atoms with Gasteiger partial charge in [0.25, 0.3) is 0 Å². The zero-order valence-electron chi connectivity index (χ0n) is 14.8. The molecule has 2 aromatic rings. The van der Waals surface area contributed by atoms with Crippen LogP contribution in [0, 0.1) is 11.6 Å². The molecule has 27 heavy (non-hydrogen) atoms. The van der Waals surface area contributed by atoms with Gasteiger partial charge in [-0.05, 0) is 31.9 Å². The summed E-state index contributed by atoms with van der Waals surface area (Å²) in [5, 5.41) is 13.8. The standard InChI is InChI=1S/C17H20F2N6O2/c1-2-27-17(26)25-7-5-11(6-8-25)22-16-23-15(10-20-24-16)21-12-3-4-13(18)14(19)9-12/h3-4,9-11H,2,5-8H2,1H3,(H2,21,22,23,24). The maximum atomic E-state index is 13.3. The Kier molecular flexibility index (Phi) is 5.94. The molecule has 1 aliphatic heterocycles. The Bertz CT molecular complexity index is 799. The van der Waals surface area contributed by atoms with Crippen LogP contribution < -0.4 is 10.6 Å². The van der Waals surface area contributed by atoms with Gasteiger partial charge in [0.05, 0.1) is 12.8 Å². The lowest BCUT2D eigenvalue weighted by molar-refractivity contribution is 0.0983. The van der Waals surface area contributed by atoms with Crippen LogP contribution >= 0.6 is 0 Å². The van der Waals surface area contributed by atoms with Gasteiger partial charge >= 0.3 is 6.09 Å². The van der Waals surface area contributed by atoms with Crippen molar-refractivity contribution < 1.29 is 18.3 Å². The minimum absolute atomic E-state index is 0.0935. The first-order chi connectivity index (χ1) is 13.0. The molecule has 2 N–H and O–H groups in total. The van der Waals surface area contributed by atoms with Crippen LogP contribution in [0.1, 0.15) is 19.8 Å². The highest BCUT2D eigenvalue weighted by Gasteiger charge is 2.24. The fraction of sp³-hybridized carbons (Fsp3) is 0.412. The van der Waals surface area contributed by atoms with E-state index in [4.69, 9.17) is 4.74 Å². The highest BCUT2D eigenvalue weighted by atomic mass is 19.2. The quantitative estimate of drug-likeness (QED) is 0.826. The summed E-state index contributed by atoms with van der Waals surface area (Å²) in [6.45, 7) is 3.29. The zero-order valence-corrected chi connectivity index (χ0v) is 14.8. The summed E-state index contributed by atoms with van der Waals surface area (Å²) in [7, 11) is 0. The predicted octanol–water partition coefficient (Wildman–Crippen LogP) is 2.93. The molecule has 0 radical (unpaired) electrons. The first-order valence-electron chi connectivity index (χ1n) is 8.65. The van der Waals surface area contributed by atoms with Gasteiger partial charge in [-0.1, -0.05) is 0 Å². The van der Waals surface area contributed by atoms with Crippen LogP contribution in [0.15, 0.2) is 24.4 Å². The summed E-state index contributed by atoms with van der Waals surface area (Å²) in [4.78, 5) is 17.7. The van der Waals surface area contributed by atoms with E-state index in [1.165, 1.54) is 12.3 Å². The van der Waals surface area contributed by atoms with E-state index in [1.807, 2.05) is 0 Å². The van der Waals surface area contributed by atoms with E-state index in [1.54, 1.807) is 11.8 Å². The molecule has 1 fully saturated rings. The number of carbonyl (C=O) groups excluding carboxylic acids is 1. The van der Waals surface area contributed by atoms with E-state index >= 15 is 0 Å². The van der Waals surface area contributed by atoms with Gasteiger partial charge < -0.3 is 20.3 Å². The van der Waals surface area contributed by atoms with E-state index in [-0.39, 0.29) is 12.1 Å². The van der Waals surface area contributed by atoms with Gasteiger partial charge in [0.2, 0.25) is 5.95 Å². The number of carbonyl (C=O) groups is 1. The Morgan fingerprint density at radius 2 is 2.07 bits per heavy atom. The molecule has 1 aromatic carbocycles. The van der Waals surface area contributed by atoms with E-state index in [0.29, 0.717) is 37.1 Å². The summed E-state index contributed by atoms with van der Waals surface area (Å²) in [5.41, 5.74) is 0.350. The monoisotopic (exact) mass is 378 g/mol. The second-order valence-corrected chi connectivity index (χ2v) is 6.02. The molecular formula is C17H20F2N6O2. The van der Waals surface area contributed by atoms with E-state index < -0.39 is 11.6 Å². The van der Waals surface area contributed by atoms with Crippen molar-refractivity contribution in [3.63, 3.8) is 0 Å². The predicted molar refractivity (Wildman–Crippen MR) is 94.7 cm³/mol. The SMILES string of the molecule is CCOC(=O)N1CCC(Nc2nncc(Nc3ccc(F)c(F)c3)n2)CC1. The third kappa shape index (κ3) is 4.99. The second-order valence-electron chi connectivity index (χ2n) is 6.02. The fourth-order valence-corrected chi connectivity index (χ4v) is 2.75. The largest absolute Gasteiger partial charge is 0.450 e. The van der Waals surface area contributed by atoms with Crippen LogP contribution in [-0.4, -0.2) is 51.9 Å². The van der Waals surface area contributed by atoms with Crippen molar-refractivity contribution in [1.82, 2.24) is 20.1 Å². The highest BCUT2D eigenvalue weighted by Crippen LogP contribution is 2.19. The van der Waals surface area contributed by atoms with Crippen molar-refractivity contribution in [1.29, 1.82) is 0 Å². The number of ether oxygens (including phenoxy) is 1. The Labute approximate surface area is 154 Å². The number of halogens is 2. The molecule has 0 unspecified atom stereocenters. The van der Waals surface area contributed by atoms with Crippen molar-refractivity contribution in [3.05, 3.63) is 36.0 Å². The lowest BCUT2D eigenvalue weighted by Crippen LogP contribution is -2.42. The van der Waals surface area contributed by atoms with Crippen molar-refractivity contribution in [2.75, 3.05) is 30.3 Å². The molecule has 0 aliphatic carbocycles. The number of anilines is 3. The van der Waals surface area contributed by atoms with Gasteiger partial charge in [-0.3, -0.25) is 0 Å². The van der Waals surface area contributed by atoms with Crippen molar-refractivity contribution >= 4 is 23.5 Å². The molecule has 2 heterocycles. The summed E-state index contributed by atoms with van der Waals surface area (Å²) in [6, 6.07) is 3.56. The number of nitrogens with zero attached hydrogens (tertiary/aromatic N) is 4. The lowest BCUT2D eigenvalue weighted by atomic mass is 10.1. The van der Waals surface area contributed by atoms with Crippen LogP contribution in [0.4, 0.5) is 31.0 Å². The first-order valence-corrected chi connectivity index (χ1v) is 8.65. The fourth-order valence-electron chi connectivity index (χ4n) is 2.75. The summed E-state index contributed by atoms with van der Waals surface area (Å²) < 4.78 is 31.3. The Morgan fingerprint density at radius 3 is 2.78 bits per heavy atom. The molecule has 0 spiro atoms. The smallest absolute Gasteiger partial charge is 0.409 e. The van der Waals surface area contributed by atoms with Gasteiger partial charge in [0, 0.05) is 30.9 Å². The first kappa shape index (κ1) is 18.7. The molecular weight excluding hydrogens is 358 g/mol. The van der Waals surface area contributed by atoms with Gasteiger partial charge in [-0.2, -0.15) is 10.1 Å². The molecule has 1 saturated heterocycles. The summed E-state index contributed by atoms with van der Waals surface area (Å²) in [6.07, 6.45) is 2.54. The van der Waals surface area contributed by atoms with Gasteiger partial charge in [0.1, 0.15) is 0 Å². The average molecular weight is 378 g/mol. The van der Waals surface area contributed by atoms with E-state index in [0.717, 1.165) is 25.0 Å². The van der Waals surface area contributed by atoms with E-state index in [9.17, 15) is 13.6 Å². The third-order valence-corrected chi connectivity index (χ3v) is 4.11. The number of piperidine rings is 1. The van der Waals surface area contributed by atoms with Crippen molar-refractivity contribution in [2.45, 2.75) is 25.8 Å². The van der Waals surface area contributed by atoms with Crippen LogP contribution in [-0.2, 0) is 4.74 Å². The average Bonchev–Trinajstić information content (AvgIpc) is 2.66. The topological polar surface area (TPSA) is 92.3 Å². The number of amides is 1. The second kappa shape index (κ2) is 8.56. The molecule has 8 nitrogen and oxygen atoms in total. The Hall–Kier alpha value is -3.04. The number of hydrogen-bond acceptors (Lipinski definition) is 7. The van der Waals surface area contributed by atoms with Crippen LogP contribution in [0.3, 0.4) is 0 Å². The minimum Gasteiger partial charge on any atom is -0.450 e. The summed E-state index contributed by atoms with van der Waals surface area (Å²) in [5.74, 6) is -1.20. The number of nitrogens with one attached hydrogen (secondary N) is 2. The van der Waals surface area contributed by atoms with Gasteiger partial charge in [-0.25, -0.2) is 13.6 Å². The number of rotatable bonds is 5. The molecule has 1 aromatic heterocycles. The van der Waals surface area contributed by atoms with Gasteiger partial charge in [-0.15, -0.1) is 5.10 Å². The van der Waals surface area contributed by atoms with E-state index in [2.05, 4.69) is 25.8 Å². The minimum atomic E-state index is -0.950. The normalized spacial score (nSPS) is 14.7. The van der Waals surface area contributed by atoms with Crippen LogP contribution in [0.5, 0.6) is 0 Å². The molecule has 0 saturated carbocycles. The molecule has 0 bridgehead atoms. The zero-order chi connectivity index (χ0) is 19.2. The maximum Gasteiger partial charge on any atom is 0.409 e. The number of benzene rings is 1. The molecule has 0 atom stereocenters. The Morgan fingerprint density at radius 1 is 1.30 bits per heavy atom. The maximum absolute atomic E-state index is 13.3. The molecule has 3 rings (SSSR count). The van der Waals surface area contributed by atoms with Crippen LogP contribution in [0.2, 0.25) is 0 Å². The molecule has 10 heteroatoms. The molecule has 1 aliphatic rings. The molecule has 1 amide bonds. The van der Waals surface area contributed by atoms with Crippen molar-refractivity contribution in [2.24, 2.45) is 0 Å². The van der Waals surface area contributed by atoms with Crippen molar-refractivity contribution in [3.8, 4) is 0 Å². The lowest BCUT2D eigenvalue weighted by Gasteiger charge is -2.31. The third-order valence-electron chi connectivity index (χ3n) is 4.11. The Balaban J connectivity index is 1.56. The number of hydrogen-bond donors (Lipinski definition) is 2. The van der Waals surface area contributed by atoms with Crippen LogP contribution in [0.25, 0.3) is 0 Å². The summed E-state index contributed by atoms with van der Waals surface area (Å²) >= 11 is 0.